The van der Waals surface area contributed by atoms with Gasteiger partial charge in [0.25, 0.3) is 0 Å². The quantitative estimate of drug-likeness (QED) is 0.236. The van der Waals surface area contributed by atoms with Crippen LogP contribution in [0.15, 0.2) is 48.5 Å². The molecule has 30 heavy (non-hydrogen) atoms. The molecule has 0 N–H and O–H groups in total. The minimum Gasteiger partial charge on any atom is -0.423 e. The molecule has 2 aromatic carbocycles. The van der Waals surface area contributed by atoms with E-state index in [0.717, 1.165) is 6.42 Å². The summed E-state index contributed by atoms with van der Waals surface area (Å²) in [5.41, 5.74) is 0.786. The van der Waals surface area contributed by atoms with Crippen molar-refractivity contribution in [3.63, 3.8) is 0 Å². The van der Waals surface area contributed by atoms with E-state index in [9.17, 15) is 14.4 Å². The number of fused-ring (bicyclic) bond motifs is 5. The summed E-state index contributed by atoms with van der Waals surface area (Å²) in [5.74, 6) is -0.882. The predicted molar refractivity (Wildman–Crippen MR) is 119 cm³/mol. The number of carbonyl (C=O) groups is 3. The second kappa shape index (κ2) is 7.46. The van der Waals surface area contributed by atoms with Crippen molar-refractivity contribution in [3.05, 3.63) is 59.1 Å². The SMILES string of the molecule is O=C(Oc1cccc(N2C(=O)[C@@H]3[C@@H]4C[C@H]([C@H](Br)[C@@H]4Br)[C@@H]3C2=O)c1)c1ccc(Cl)cc1. The summed E-state index contributed by atoms with van der Waals surface area (Å²) in [7, 11) is 0. The van der Waals surface area contributed by atoms with E-state index in [-0.39, 0.29) is 50.9 Å². The summed E-state index contributed by atoms with van der Waals surface area (Å²) in [6.07, 6.45) is 0.880. The fourth-order valence-corrected chi connectivity index (χ4v) is 7.04. The van der Waals surface area contributed by atoms with Gasteiger partial charge in [0.1, 0.15) is 5.75 Å². The molecule has 0 unspecified atom stereocenters. The van der Waals surface area contributed by atoms with E-state index in [1.165, 1.54) is 4.90 Å². The van der Waals surface area contributed by atoms with Crippen LogP contribution in [0.4, 0.5) is 5.69 Å². The lowest BCUT2D eigenvalue weighted by molar-refractivity contribution is -0.123. The molecule has 1 saturated heterocycles. The monoisotopic (exact) mass is 551 g/mol. The van der Waals surface area contributed by atoms with Gasteiger partial charge in [0.2, 0.25) is 11.8 Å². The van der Waals surface area contributed by atoms with Gasteiger partial charge in [-0.1, -0.05) is 49.5 Å². The summed E-state index contributed by atoms with van der Waals surface area (Å²) in [4.78, 5) is 40.4. The van der Waals surface area contributed by atoms with Crippen molar-refractivity contribution in [2.45, 2.75) is 16.1 Å². The molecule has 0 radical (unpaired) electrons. The van der Waals surface area contributed by atoms with Gasteiger partial charge in [-0.25, -0.2) is 9.69 Å². The van der Waals surface area contributed by atoms with Crippen LogP contribution in [-0.2, 0) is 9.59 Å². The summed E-state index contributed by atoms with van der Waals surface area (Å²) < 4.78 is 5.45. The Labute approximate surface area is 195 Å². The number of esters is 1. The van der Waals surface area contributed by atoms with Gasteiger partial charge in [-0.3, -0.25) is 9.59 Å². The summed E-state index contributed by atoms with van der Waals surface area (Å²) in [6, 6.07) is 12.9. The molecule has 5 nitrogen and oxygen atoms in total. The van der Waals surface area contributed by atoms with Crippen LogP contribution >= 0.6 is 43.5 Å². The van der Waals surface area contributed by atoms with E-state index >= 15 is 0 Å². The Balaban J connectivity index is 1.39. The van der Waals surface area contributed by atoms with Crippen molar-refractivity contribution in [2.24, 2.45) is 23.7 Å². The number of hydrogen-bond donors (Lipinski definition) is 0. The maximum absolute atomic E-state index is 13.2. The number of imide groups is 1. The van der Waals surface area contributed by atoms with Crippen molar-refractivity contribution < 1.29 is 19.1 Å². The normalized spacial score (nSPS) is 31.9. The number of halogens is 3. The maximum atomic E-state index is 13.2. The molecule has 3 fully saturated rings. The van der Waals surface area contributed by atoms with Crippen LogP contribution < -0.4 is 9.64 Å². The van der Waals surface area contributed by atoms with Crippen LogP contribution in [0.5, 0.6) is 5.75 Å². The first-order valence-electron chi connectivity index (χ1n) is 9.60. The predicted octanol–water partition coefficient (Wildman–Crippen LogP) is 4.84. The van der Waals surface area contributed by atoms with Gasteiger partial charge in [-0.05, 0) is 54.7 Å². The first-order chi connectivity index (χ1) is 14.4. The number of alkyl halides is 2. The van der Waals surface area contributed by atoms with E-state index in [0.29, 0.717) is 16.3 Å². The molecule has 8 heteroatoms. The van der Waals surface area contributed by atoms with E-state index in [2.05, 4.69) is 31.9 Å². The average Bonchev–Trinajstić information content (AvgIpc) is 3.33. The van der Waals surface area contributed by atoms with E-state index in [1.54, 1.807) is 48.5 Å². The van der Waals surface area contributed by atoms with Gasteiger partial charge in [-0.15, -0.1) is 0 Å². The zero-order valence-corrected chi connectivity index (χ0v) is 19.4. The van der Waals surface area contributed by atoms with Gasteiger partial charge in [0, 0.05) is 20.7 Å². The molecule has 3 aliphatic rings. The number of anilines is 1. The number of carbonyl (C=O) groups excluding carboxylic acids is 3. The lowest BCUT2D eigenvalue weighted by atomic mass is 9.81. The Hall–Kier alpha value is -1.70. The largest absolute Gasteiger partial charge is 0.423 e. The van der Waals surface area contributed by atoms with E-state index in [4.69, 9.17) is 16.3 Å². The number of ether oxygens (including phenoxy) is 1. The topological polar surface area (TPSA) is 63.7 Å². The molecule has 1 aliphatic heterocycles. The fraction of sp³-hybridized carbons (Fsp3) is 0.318. The molecule has 2 amide bonds. The molecule has 2 bridgehead atoms. The first kappa shape index (κ1) is 20.2. The third kappa shape index (κ3) is 3.05. The van der Waals surface area contributed by atoms with Gasteiger partial charge < -0.3 is 4.74 Å². The highest BCUT2D eigenvalue weighted by Crippen LogP contribution is 2.60. The Kier molecular flexibility index (Phi) is 5.03. The summed E-state index contributed by atoms with van der Waals surface area (Å²) in [5, 5.41) is 0.524. The van der Waals surface area contributed by atoms with Crippen molar-refractivity contribution in [1.29, 1.82) is 0 Å². The molecule has 5 rings (SSSR count). The third-order valence-corrected chi connectivity index (χ3v) is 9.81. The van der Waals surface area contributed by atoms with Crippen LogP contribution in [0.2, 0.25) is 5.02 Å². The van der Waals surface area contributed by atoms with Crippen LogP contribution in [0.25, 0.3) is 0 Å². The van der Waals surface area contributed by atoms with E-state index in [1.807, 2.05) is 0 Å². The van der Waals surface area contributed by atoms with Crippen molar-refractivity contribution in [3.8, 4) is 5.75 Å². The van der Waals surface area contributed by atoms with Crippen LogP contribution in [0.1, 0.15) is 16.8 Å². The molecule has 2 aromatic rings. The molecule has 154 valence electrons. The minimum atomic E-state index is -0.540. The highest BCUT2D eigenvalue weighted by Gasteiger charge is 2.66. The number of hydrogen-bond acceptors (Lipinski definition) is 4. The van der Waals surface area contributed by atoms with Gasteiger partial charge in [0.05, 0.1) is 23.1 Å². The van der Waals surface area contributed by atoms with Crippen molar-refractivity contribution in [1.82, 2.24) is 0 Å². The van der Waals surface area contributed by atoms with E-state index < -0.39 is 5.97 Å². The van der Waals surface area contributed by atoms with Crippen molar-refractivity contribution >= 4 is 66.9 Å². The highest BCUT2D eigenvalue weighted by atomic mass is 79.9. The maximum Gasteiger partial charge on any atom is 0.343 e. The first-order valence-corrected chi connectivity index (χ1v) is 11.8. The average molecular weight is 554 g/mol. The molecule has 1 heterocycles. The lowest BCUT2D eigenvalue weighted by Gasteiger charge is -2.28. The standard InChI is InChI=1S/C22H16Br2ClNO4/c23-18-14-9-15(19(18)24)17-16(14)20(27)26(21(17)28)12-2-1-3-13(8-12)30-22(29)10-4-6-11(25)7-5-10/h1-8,14-19H,9H2/t14-,15-,16-,17+,18-,19+/m0/s1. The Morgan fingerprint density at radius 3 is 2.17 bits per heavy atom. The summed E-state index contributed by atoms with van der Waals surface area (Å²) >= 11 is 13.2. The Morgan fingerprint density at radius 2 is 1.57 bits per heavy atom. The molecule has 2 saturated carbocycles. The van der Waals surface area contributed by atoms with Gasteiger partial charge in [-0.2, -0.15) is 0 Å². The second-order valence-corrected chi connectivity index (χ2v) is 10.5. The number of benzene rings is 2. The number of nitrogens with zero attached hydrogens (tertiary/aromatic N) is 1. The van der Waals surface area contributed by atoms with Crippen LogP contribution in [0.3, 0.4) is 0 Å². The summed E-state index contributed by atoms with van der Waals surface area (Å²) in [6.45, 7) is 0. The zero-order chi connectivity index (χ0) is 21.2. The highest BCUT2D eigenvalue weighted by molar-refractivity contribution is 9.12. The molecular weight excluding hydrogens is 538 g/mol. The molecule has 6 atom stereocenters. The fourth-order valence-electron chi connectivity index (χ4n) is 5.04. The van der Waals surface area contributed by atoms with Gasteiger partial charge in [0.15, 0.2) is 0 Å². The van der Waals surface area contributed by atoms with Crippen LogP contribution in [0, 0.1) is 23.7 Å². The number of rotatable bonds is 3. The molecule has 0 aromatic heterocycles. The Morgan fingerprint density at radius 1 is 0.967 bits per heavy atom. The second-order valence-electron chi connectivity index (χ2n) is 7.91. The molecular formula is C22H16Br2ClNO4. The third-order valence-electron chi connectivity index (χ3n) is 6.35. The molecule has 0 spiro atoms. The van der Waals surface area contributed by atoms with Crippen LogP contribution in [-0.4, -0.2) is 27.4 Å². The zero-order valence-electron chi connectivity index (χ0n) is 15.5. The molecule has 2 aliphatic carbocycles. The van der Waals surface area contributed by atoms with Gasteiger partial charge >= 0.3 is 5.97 Å². The van der Waals surface area contributed by atoms with Crippen molar-refractivity contribution in [2.75, 3.05) is 4.90 Å². The Bertz CT molecular complexity index is 1030. The smallest absolute Gasteiger partial charge is 0.343 e. The lowest BCUT2D eigenvalue weighted by Crippen LogP contribution is -2.37. The minimum absolute atomic E-state index is 0.150. The number of amides is 2.